The van der Waals surface area contributed by atoms with Crippen molar-refractivity contribution in [2.45, 2.75) is 20.3 Å². The highest BCUT2D eigenvalue weighted by Crippen LogP contribution is 2.13. The third kappa shape index (κ3) is 8.95. The number of benzene rings is 1. The first-order chi connectivity index (χ1) is 11.1. The van der Waals surface area contributed by atoms with Crippen LogP contribution < -0.4 is 10.1 Å². The average Bonchev–Trinajstić information content (AvgIpc) is 2.55. The third-order valence-corrected chi connectivity index (χ3v) is 2.81. The van der Waals surface area contributed by atoms with Crippen LogP contribution in [0.25, 0.3) is 0 Å². The van der Waals surface area contributed by atoms with Crippen molar-refractivity contribution < 1.29 is 23.8 Å². The Morgan fingerprint density at radius 1 is 1.09 bits per heavy atom. The van der Waals surface area contributed by atoms with E-state index in [1.807, 2.05) is 6.92 Å². The third-order valence-electron chi connectivity index (χ3n) is 2.81. The molecular formula is C17H25NO5. The highest BCUT2D eigenvalue weighted by molar-refractivity contribution is 5.94. The van der Waals surface area contributed by atoms with E-state index in [1.54, 1.807) is 24.3 Å². The van der Waals surface area contributed by atoms with Crippen LogP contribution in [0, 0.1) is 0 Å². The maximum Gasteiger partial charge on any atom is 0.251 e. The molecule has 0 fully saturated rings. The van der Waals surface area contributed by atoms with Crippen LogP contribution in [0.1, 0.15) is 30.6 Å². The van der Waals surface area contributed by atoms with E-state index in [-0.39, 0.29) is 18.3 Å². The van der Waals surface area contributed by atoms with Gasteiger partial charge in [0.15, 0.2) is 5.78 Å². The van der Waals surface area contributed by atoms with Gasteiger partial charge in [-0.15, -0.1) is 0 Å². The molecule has 1 amide bonds. The highest BCUT2D eigenvalue weighted by atomic mass is 16.5. The monoisotopic (exact) mass is 323 g/mol. The zero-order valence-electron chi connectivity index (χ0n) is 13.8. The van der Waals surface area contributed by atoms with E-state index in [0.717, 1.165) is 6.42 Å². The summed E-state index contributed by atoms with van der Waals surface area (Å²) in [6.07, 6.45) is 0.898. The summed E-state index contributed by atoms with van der Waals surface area (Å²) in [5, 5.41) is 2.82. The van der Waals surface area contributed by atoms with E-state index >= 15 is 0 Å². The van der Waals surface area contributed by atoms with Gasteiger partial charge in [0.2, 0.25) is 0 Å². The molecule has 1 aromatic rings. The van der Waals surface area contributed by atoms with Gasteiger partial charge in [-0.25, -0.2) is 0 Å². The van der Waals surface area contributed by atoms with Gasteiger partial charge in [0.25, 0.3) is 5.91 Å². The van der Waals surface area contributed by atoms with Crippen LogP contribution >= 0.6 is 0 Å². The van der Waals surface area contributed by atoms with Gasteiger partial charge in [-0.2, -0.15) is 0 Å². The van der Waals surface area contributed by atoms with Crippen molar-refractivity contribution >= 4 is 11.7 Å². The molecule has 0 spiro atoms. The molecule has 0 radical (unpaired) electrons. The summed E-state index contributed by atoms with van der Waals surface area (Å²) >= 11 is 0. The number of hydrogen-bond donors (Lipinski definition) is 1. The summed E-state index contributed by atoms with van der Waals surface area (Å²) in [4.78, 5) is 22.5. The minimum atomic E-state index is -0.101. The number of carbonyl (C=O) groups excluding carboxylic acids is 2. The summed E-state index contributed by atoms with van der Waals surface area (Å²) in [5.41, 5.74) is 0.578. The number of ether oxygens (including phenoxy) is 3. The first-order valence-corrected chi connectivity index (χ1v) is 7.79. The quantitative estimate of drug-likeness (QED) is 0.594. The minimum absolute atomic E-state index is 0.00353. The second-order valence-electron chi connectivity index (χ2n) is 5.00. The van der Waals surface area contributed by atoms with E-state index in [0.29, 0.717) is 44.3 Å². The molecule has 0 aliphatic heterocycles. The van der Waals surface area contributed by atoms with Gasteiger partial charge in [-0.3, -0.25) is 9.59 Å². The smallest absolute Gasteiger partial charge is 0.251 e. The molecule has 0 saturated heterocycles. The summed E-state index contributed by atoms with van der Waals surface area (Å²) in [7, 11) is 0. The van der Waals surface area contributed by atoms with Gasteiger partial charge in [0.1, 0.15) is 19.0 Å². The van der Waals surface area contributed by atoms with E-state index < -0.39 is 0 Å². The minimum Gasteiger partial charge on any atom is -0.491 e. The molecule has 0 heterocycles. The Hall–Kier alpha value is -1.92. The van der Waals surface area contributed by atoms with Crippen LogP contribution in [0.5, 0.6) is 5.75 Å². The van der Waals surface area contributed by atoms with Crippen molar-refractivity contribution in [1.29, 1.82) is 0 Å². The Labute approximate surface area is 137 Å². The summed E-state index contributed by atoms with van der Waals surface area (Å²) in [5.74, 6) is 0.526. The molecule has 6 nitrogen and oxygen atoms in total. The van der Waals surface area contributed by atoms with Crippen molar-refractivity contribution in [3.05, 3.63) is 29.8 Å². The summed E-state index contributed by atoms with van der Waals surface area (Å²) in [6, 6.07) is 7.04. The number of ketones is 1. The van der Waals surface area contributed by atoms with Crippen LogP contribution in [0.3, 0.4) is 0 Å². The standard InChI is InChI=1S/C17H25NO5/c1-3-7-18-17(20)15-5-4-6-16(12-15)23-11-10-21-8-9-22-13-14(2)19/h4-6,12H,3,7-11,13H2,1-2H3,(H,18,20). The molecular weight excluding hydrogens is 298 g/mol. The molecule has 0 aliphatic carbocycles. The first kappa shape index (κ1) is 19.1. The average molecular weight is 323 g/mol. The fourth-order valence-corrected chi connectivity index (χ4v) is 1.72. The maximum atomic E-state index is 11.9. The first-order valence-electron chi connectivity index (χ1n) is 7.79. The topological polar surface area (TPSA) is 73.9 Å². The SMILES string of the molecule is CCCNC(=O)c1cccc(OCCOCCOCC(C)=O)c1. The number of hydrogen-bond acceptors (Lipinski definition) is 5. The normalized spacial score (nSPS) is 10.3. The molecule has 0 bridgehead atoms. The van der Waals surface area contributed by atoms with Crippen LogP contribution in [0.15, 0.2) is 24.3 Å². The molecule has 1 aromatic carbocycles. The number of carbonyl (C=O) groups is 2. The Morgan fingerprint density at radius 2 is 1.83 bits per heavy atom. The molecule has 6 heteroatoms. The largest absolute Gasteiger partial charge is 0.491 e. The Bertz CT molecular complexity index is 490. The van der Waals surface area contributed by atoms with Crippen LogP contribution in [0.4, 0.5) is 0 Å². The highest BCUT2D eigenvalue weighted by Gasteiger charge is 2.05. The zero-order chi connectivity index (χ0) is 16.9. The second-order valence-corrected chi connectivity index (χ2v) is 5.00. The molecule has 0 saturated carbocycles. The van der Waals surface area contributed by atoms with E-state index in [1.165, 1.54) is 6.92 Å². The van der Waals surface area contributed by atoms with E-state index in [2.05, 4.69) is 5.32 Å². The molecule has 1 rings (SSSR count). The van der Waals surface area contributed by atoms with Crippen molar-refractivity contribution in [1.82, 2.24) is 5.32 Å². The van der Waals surface area contributed by atoms with E-state index in [9.17, 15) is 9.59 Å². The van der Waals surface area contributed by atoms with Gasteiger partial charge in [-0.1, -0.05) is 13.0 Å². The lowest BCUT2D eigenvalue weighted by Gasteiger charge is -2.09. The Balaban J connectivity index is 2.20. The summed E-state index contributed by atoms with van der Waals surface area (Å²) < 4.78 is 15.9. The van der Waals surface area contributed by atoms with E-state index in [4.69, 9.17) is 14.2 Å². The molecule has 128 valence electrons. The molecule has 0 aliphatic rings. The van der Waals surface area contributed by atoms with Crippen LogP contribution in [-0.4, -0.2) is 51.3 Å². The fraction of sp³-hybridized carbons (Fsp3) is 0.529. The molecule has 23 heavy (non-hydrogen) atoms. The predicted octanol–water partition coefficient (Wildman–Crippen LogP) is 1.83. The lowest BCUT2D eigenvalue weighted by molar-refractivity contribution is -0.122. The maximum absolute atomic E-state index is 11.9. The fourth-order valence-electron chi connectivity index (χ4n) is 1.72. The molecule has 0 unspecified atom stereocenters. The molecule has 0 aromatic heterocycles. The Morgan fingerprint density at radius 3 is 2.57 bits per heavy atom. The van der Waals surface area contributed by atoms with Gasteiger partial charge >= 0.3 is 0 Å². The van der Waals surface area contributed by atoms with Gasteiger partial charge in [0, 0.05) is 12.1 Å². The Kier molecular flexibility index (Phi) is 9.66. The lowest BCUT2D eigenvalue weighted by atomic mass is 10.2. The summed E-state index contributed by atoms with van der Waals surface area (Å²) in [6.45, 7) is 5.84. The van der Waals surface area contributed by atoms with Crippen LogP contribution in [0.2, 0.25) is 0 Å². The molecule has 0 atom stereocenters. The number of amides is 1. The molecule has 1 N–H and O–H groups in total. The zero-order valence-corrected chi connectivity index (χ0v) is 13.8. The van der Waals surface area contributed by atoms with Gasteiger partial charge in [-0.05, 0) is 31.5 Å². The lowest BCUT2D eigenvalue weighted by Crippen LogP contribution is -2.23. The number of Topliss-reactive ketones (excluding diaryl/α,β-unsaturated/α-hetero) is 1. The predicted molar refractivity (Wildman–Crippen MR) is 86.9 cm³/mol. The van der Waals surface area contributed by atoms with Gasteiger partial charge < -0.3 is 19.5 Å². The van der Waals surface area contributed by atoms with Crippen molar-refractivity contribution in [3.63, 3.8) is 0 Å². The number of rotatable bonds is 12. The van der Waals surface area contributed by atoms with Crippen molar-refractivity contribution in [2.24, 2.45) is 0 Å². The van der Waals surface area contributed by atoms with Crippen molar-refractivity contribution in [2.75, 3.05) is 39.6 Å². The van der Waals surface area contributed by atoms with Gasteiger partial charge in [0.05, 0.1) is 19.8 Å². The van der Waals surface area contributed by atoms with Crippen molar-refractivity contribution in [3.8, 4) is 5.75 Å². The number of nitrogens with one attached hydrogen (secondary N) is 1. The second kappa shape index (κ2) is 11.6. The van der Waals surface area contributed by atoms with Crippen LogP contribution in [-0.2, 0) is 14.3 Å².